The summed E-state index contributed by atoms with van der Waals surface area (Å²) in [6.45, 7) is 3.58. The van der Waals surface area contributed by atoms with Gasteiger partial charge in [0.1, 0.15) is 5.76 Å². The Morgan fingerprint density at radius 1 is 1.40 bits per heavy atom. The highest BCUT2D eigenvalue weighted by molar-refractivity contribution is 5.93. The number of carbonyl (C=O) groups is 1. The minimum Gasteiger partial charge on any atom is -0.448 e. The highest BCUT2D eigenvalue weighted by Gasteiger charge is 2.18. The molecule has 1 amide bonds. The topological polar surface area (TPSA) is 75.4 Å². The summed E-state index contributed by atoms with van der Waals surface area (Å²) in [6.07, 6.45) is 2.18. The zero-order valence-corrected chi connectivity index (χ0v) is 11.6. The average molecular weight is 274 g/mol. The van der Waals surface area contributed by atoms with E-state index in [9.17, 15) is 9.90 Å². The molecule has 1 unspecified atom stereocenters. The van der Waals surface area contributed by atoms with Crippen LogP contribution in [0.5, 0.6) is 0 Å². The molecule has 0 radical (unpaired) electrons. The standard InChI is InChI=1S/C15H18N2O3/c1-3-11-4-6-12(7-5-11)13(8-18)17-15(19)14-10(2)20-9-16-14/h4-7,9,13,18H,3,8H2,1-2H3,(H,17,19). The summed E-state index contributed by atoms with van der Waals surface area (Å²) < 4.78 is 5.00. The first-order valence-electron chi connectivity index (χ1n) is 6.56. The van der Waals surface area contributed by atoms with E-state index in [2.05, 4.69) is 17.2 Å². The van der Waals surface area contributed by atoms with Crippen LogP contribution in [0.15, 0.2) is 35.1 Å². The van der Waals surface area contributed by atoms with Crippen LogP contribution in [-0.4, -0.2) is 22.6 Å². The van der Waals surface area contributed by atoms with Crippen molar-refractivity contribution < 1.29 is 14.3 Å². The van der Waals surface area contributed by atoms with E-state index in [0.29, 0.717) is 5.76 Å². The SMILES string of the molecule is CCc1ccc(C(CO)NC(=O)c2ncoc2C)cc1. The number of aliphatic hydroxyl groups is 1. The molecule has 0 aliphatic heterocycles. The van der Waals surface area contributed by atoms with E-state index in [0.717, 1.165) is 12.0 Å². The van der Waals surface area contributed by atoms with Crippen LogP contribution in [0.25, 0.3) is 0 Å². The van der Waals surface area contributed by atoms with Crippen LogP contribution in [0.3, 0.4) is 0 Å². The Morgan fingerprint density at radius 2 is 2.10 bits per heavy atom. The lowest BCUT2D eigenvalue weighted by Gasteiger charge is -2.16. The molecule has 1 aromatic carbocycles. The van der Waals surface area contributed by atoms with Gasteiger partial charge in [-0.25, -0.2) is 4.98 Å². The molecule has 5 heteroatoms. The number of aromatic nitrogens is 1. The molecule has 20 heavy (non-hydrogen) atoms. The van der Waals surface area contributed by atoms with Crippen molar-refractivity contribution in [2.75, 3.05) is 6.61 Å². The van der Waals surface area contributed by atoms with Gasteiger partial charge >= 0.3 is 0 Å². The first kappa shape index (κ1) is 14.3. The van der Waals surface area contributed by atoms with Gasteiger partial charge in [-0.3, -0.25) is 4.79 Å². The summed E-state index contributed by atoms with van der Waals surface area (Å²) >= 11 is 0. The number of benzene rings is 1. The predicted octanol–water partition coefficient (Wildman–Crippen LogP) is 2.01. The number of aliphatic hydroxyl groups excluding tert-OH is 1. The second kappa shape index (κ2) is 6.34. The van der Waals surface area contributed by atoms with Crippen LogP contribution >= 0.6 is 0 Å². The fraction of sp³-hybridized carbons (Fsp3) is 0.333. The van der Waals surface area contributed by atoms with E-state index in [1.807, 2.05) is 24.3 Å². The van der Waals surface area contributed by atoms with Crippen LogP contribution in [0.4, 0.5) is 0 Å². The molecule has 0 aliphatic rings. The molecule has 106 valence electrons. The fourth-order valence-electron chi connectivity index (χ4n) is 1.97. The molecule has 2 rings (SSSR count). The van der Waals surface area contributed by atoms with E-state index in [4.69, 9.17) is 4.42 Å². The lowest BCUT2D eigenvalue weighted by Crippen LogP contribution is -2.31. The molecule has 2 aromatic rings. The Bertz CT molecular complexity index is 575. The molecule has 0 aliphatic carbocycles. The Labute approximate surface area is 117 Å². The maximum absolute atomic E-state index is 12.0. The largest absolute Gasteiger partial charge is 0.448 e. The smallest absolute Gasteiger partial charge is 0.274 e. The van der Waals surface area contributed by atoms with Crippen molar-refractivity contribution in [3.05, 3.63) is 53.2 Å². The summed E-state index contributed by atoms with van der Waals surface area (Å²) in [4.78, 5) is 15.9. The minimum absolute atomic E-state index is 0.173. The van der Waals surface area contributed by atoms with Gasteiger partial charge in [-0.15, -0.1) is 0 Å². The third-order valence-corrected chi connectivity index (χ3v) is 3.24. The van der Waals surface area contributed by atoms with Gasteiger partial charge in [0.2, 0.25) is 0 Å². The number of carbonyl (C=O) groups excluding carboxylic acids is 1. The summed E-state index contributed by atoms with van der Waals surface area (Å²) in [5.41, 5.74) is 2.32. The summed E-state index contributed by atoms with van der Waals surface area (Å²) in [6, 6.07) is 7.35. The van der Waals surface area contributed by atoms with Crippen molar-refractivity contribution in [1.82, 2.24) is 10.3 Å². The summed E-state index contributed by atoms with van der Waals surface area (Å²) in [5, 5.41) is 12.2. The van der Waals surface area contributed by atoms with E-state index in [-0.39, 0.29) is 18.2 Å². The van der Waals surface area contributed by atoms with Gasteiger partial charge in [0.05, 0.1) is 12.6 Å². The molecule has 0 spiro atoms. The van der Waals surface area contributed by atoms with Crippen molar-refractivity contribution in [2.24, 2.45) is 0 Å². The quantitative estimate of drug-likeness (QED) is 0.874. The maximum Gasteiger partial charge on any atom is 0.274 e. The molecule has 0 bridgehead atoms. The second-order valence-corrected chi connectivity index (χ2v) is 4.56. The van der Waals surface area contributed by atoms with Crippen LogP contribution in [0.2, 0.25) is 0 Å². The molecule has 5 nitrogen and oxygen atoms in total. The van der Waals surface area contributed by atoms with Gasteiger partial charge in [0.15, 0.2) is 12.1 Å². The lowest BCUT2D eigenvalue weighted by molar-refractivity contribution is 0.0910. The van der Waals surface area contributed by atoms with Crippen LogP contribution in [0, 0.1) is 6.92 Å². The summed E-state index contributed by atoms with van der Waals surface area (Å²) in [7, 11) is 0. The minimum atomic E-state index is -0.454. The van der Waals surface area contributed by atoms with E-state index >= 15 is 0 Å². The van der Waals surface area contributed by atoms with Gasteiger partial charge in [0, 0.05) is 0 Å². The number of rotatable bonds is 5. The number of aryl methyl sites for hydroxylation is 2. The molecular weight excluding hydrogens is 256 g/mol. The summed E-state index contributed by atoms with van der Waals surface area (Å²) in [5.74, 6) is 0.107. The van der Waals surface area contributed by atoms with Crippen LogP contribution in [-0.2, 0) is 6.42 Å². The lowest BCUT2D eigenvalue weighted by atomic mass is 10.0. The number of nitrogens with one attached hydrogen (secondary N) is 1. The van der Waals surface area contributed by atoms with Crippen molar-refractivity contribution in [1.29, 1.82) is 0 Å². The highest BCUT2D eigenvalue weighted by atomic mass is 16.3. The van der Waals surface area contributed by atoms with Crippen molar-refractivity contribution in [2.45, 2.75) is 26.3 Å². The molecule has 0 saturated carbocycles. The van der Waals surface area contributed by atoms with Crippen molar-refractivity contribution in [3.8, 4) is 0 Å². The van der Waals surface area contributed by atoms with Gasteiger partial charge < -0.3 is 14.8 Å². The number of oxazole rings is 1. The third kappa shape index (κ3) is 3.05. The van der Waals surface area contributed by atoms with E-state index < -0.39 is 6.04 Å². The van der Waals surface area contributed by atoms with Gasteiger partial charge in [-0.05, 0) is 24.5 Å². The third-order valence-electron chi connectivity index (χ3n) is 3.24. The second-order valence-electron chi connectivity index (χ2n) is 4.56. The van der Waals surface area contributed by atoms with Gasteiger partial charge in [-0.2, -0.15) is 0 Å². The predicted molar refractivity (Wildman–Crippen MR) is 74.4 cm³/mol. The van der Waals surface area contributed by atoms with Crippen LogP contribution < -0.4 is 5.32 Å². The average Bonchev–Trinajstić information content (AvgIpc) is 2.91. The zero-order chi connectivity index (χ0) is 14.5. The fourth-order valence-corrected chi connectivity index (χ4v) is 1.97. The molecule has 0 saturated heterocycles. The highest BCUT2D eigenvalue weighted by Crippen LogP contribution is 2.15. The maximum atomic E-state index is 12.0. The normalized spacial score (nSPS) is 12.2. The molecular formula is C15H18N2O3. The molecule has 1 heterocycles. The zero-order valence-electron chi connectivity index (χ0n) is 11.6. The number of nitrogens with zero attached hydrogens (tertiary/aromatic N) is 1. The Hall–Kier alpha value is -2.14. The Kier molecular flexibility index (Phi) is 4.53. The van der Waals surface area contributed by atoms with E-state index in [1.165, 1.54) is 12.0 Å². The van der Waals surface area contributed by atoms with Crippen molar-refractivity contribution in [3.63, 3.8) is 0 Å². The molecule has 0 fully saturated rings. The molecule has 1 atom stereocenters. The first-order valence-corrected chi connectivity index (χ1v) is 6.56. The Balaban J connectivity index is 2.12. The number of hydrogen-bond donors (Lipinski definition) is 2. The molecule has 2 N–H and O–H groups in total. The molecule has 1 aromatic heterocycles. The monoisotopic (exact) mass is 274 g/mol. The van der Waals surface area contributed by atoms with Gasteiger partial charge in [-0.1, -0.05) is 31.2 Å². The first-order chi connectivity index (χ1) is 9.65. The number of hydrogen-bond acceptors (Lipinski definition) is 4. The number of amides is 1. The van der Waals surface area contributed by atoms with Gasteiger partial charge in [0.25, 0.3) is 5.91 Å². The Morgan fingerprint density at radius 3 is 2.60 bits per heavy atom. The van der Waals surface area contributed by atoms with Crippen molar-refractivity contribution >= 4 is 5.91 Å². The van der Waals surface area contributed by atoms with E-state index in [1.54, 1.807) is 6.92 Å². The van der Waals surface area contributed by atoms with Crippen LogP contribution in [0.1, 0.15) is 40.3 Å².